The van der Waals surface area contributed by atoms with Crippen LogP contribution in [0.2, 0.25) is 0 Å². The molecule has 0 atom stereocenters. The van der Waals surface area contributed by atoms with Crippen molar-refractivity contribution >= 4 is 17.9 Å². The first-order chi connectivity index (χ1) is 10.0. The molecule has 3 amide bonds. The fraction of sp³-hybridized carbons (Fsp3) is 0.786. The second kappa shape index (κ2) is 6.78. The van der Waals surface area contributed by atoms with Gasteiger partial charge in [0, 0.05) is 13.1 Å². The number of amides is 3. The zero-order valence-corrected chi connectivity index (χ0v) is 12.2. The number of aliphatic carboxylic acids is 1. The quantitative estimate of drug-likeness (QED) is 0.714. The lowest BCUT2D eigenvalue weighted by Gasteiger charge is -2.38. The van der Waals surface area contributed by atoms with Crippen molar-refractivity contribution in [2.75, 3.05) is 19.6 Å². The molecule has 1 heterocycles. The number of nitrogens with zero attached hydrogens (tertiary/aromatic N) is 1. The summed E-state index contributed by atoms with van der Waals surface area (Å²) >= 11 is 0. The molecule has 1 saturated carbocycles. The van der Waals surface area contributed by atoms with Gasteiger partial charge in [0.05, 0.1) is 12.0 Å². The standard InChI is InChI=1S/C14H23N3O4/c18-11-10-17(8-4-7-15-11)13(21)16-14(9-12(19)20)5-2-1-3-6-14/h1-10H2,(H,15,18)(H,16,21)(H,19,20). The van der Waals surface area contributed by atoms with Gasteiger partial charge in [-0.3, -0.25) is 9.59 Å². The lowest BCUT2D eigenvalue weighted by Crippen LogP contribution is -2.56. The molecule has 1 aliphatic carbocycles. The largest absolute Gasteiger partial charge is 0.481 e. The number of carbonyl (C=O) groups is 3. The Kier molecular flexibility index (Phi) is 5.03. The van der Waals surface area contributed by atoms with E-state index in [9.17, 15) is 14.4 Å². The summed E-state index contributed by atoms with van der Waals surface area (Å²) in [6.45, 7) is 1.12. The number of hydrogen-bond donors (Lipinski definition) is 3. The van der Waals surface area contributed by atoms with E-state index in [4.69, 9.17) is 5.11 Å². The summed E-state index contributed by atoms with van der Waals surface area (Å²) in [7, 11) is 0. The predicted molar refractivity (Wildman–Crippen MR) is 75.8 cm³/mol. The summed E-state index contributed by atoms with van der Waals surface area (Å²) < 4.78 is 0. The minimum Gasteiger partial charge on any atom is -0.481 e. The average molecular weight is 297 g/mol. The van der Waals surface area contributed by atoms with Crippen LogP contribution in [0.3, 0.4) is 0 Å². The molecule has 1 aliphatic heterocycles. The highest BCUT2D eigenvalue weighted by molar-refractivity contribution is 5.85. The number of rotatable bonds is 3. The second-order valence-electron chi connectivity index (χ2n) is 5.97. The molecule has 3 N–H and O–H groups in total. The van der Waals surface area contributed by atoms with Crippen molar-refractivity contribution in [2.45, 2.75) is 50.5 Å². The maximum atomic E-state index is 12.4. The average Bonchev–Trinajstić information content (AvgIpc) is 2.63. The van der Waals surface area contributed by atoms with Gasteiger partial charge < -0.3 is 20.6 Å². The van der Waals surface area contributed by atoms with Crippen LogP contribution < -0.4 is 10.6 Å². The Hall–Kier alpha value is -1.79. The second-order valence-corrected chi connectivity index (χ2v) is 5.97. The maximum Gasteiger partial charge on any atom is 0.318 e. The minimum absolute atomic E-state index is 0.0367. The summed E-state index contributed by atoms with van der Waals surface area (Å²) in [4.78, 5) is 36.5. The molecule has 2 fully saturated rings. The smallest absolute Gasteiger partial charge is 0.318 e. The van der Waals surface area contributed by atoms with Crippen LogP contribution in [-0.2, 0) is 9.59 Å². The van der Waals surface area contributed by atoms with E-state index in [1.54, 1.807) is 0 Å². The summed E-state index contributed by atoms with van der Waals surface area (Å²) in [5.41, 5.74) is -0.663. The van der Waals surface area contributed by atoms with Crippen LogP contribution in [-0.4, -0.2) is 53.1 Å². The topological polar surface area (TPSA) is 98.7 Å². The molecule has 1 saturated heterocycles. The number of hydrogen-bond acceptors (Lipinski definition) is 3. The molecule has 0 unspecified atom stereocenters. The zero-order chi connectivity index (χ0) is 15.3. The molecule has 21 heavy (non-hydrogen) atoms. The third-order valence-electron chi connectivity index (χ3n) is 4.22. The van der Waals surface area contributed by atoms with Gasteiger partial charge in [-0.05, 0) is 19.3 Å². The first kappa shape index (κ1) is 15.6. The number of carbonyl (C=O) groups excluding carboxylic acids is 2. The van der Waals surface area contributed by atoms with E-state index >= 15 is 0 Å². The molecule has 7 nitrogen and oxygen atoms in total. The number of carboxylic acids is 1. The van der Waals surface area contributed by atoms with Gasteiger partial charge in [0.15, 0.2) is 0 Å². The van der Waals surface area contributed by atoms with Crippen molar-refractivity contribution in [3.63, 3.8) is 0 Å². The van der Waals surface area contributed by atoms with Crippen LogP contribution in [0.5, 0.6) is 0 Å². The Morgan fingerprint density at radius 1 is 1.24 bits per heavy atom. The zero-order valence-electron chi connectivity index (χ0n) is 12.2. The van der Waals surface area contributed by atoms with Crippen LogP contribution >= 0.6 is 0 Å². The third kappa shape index (κ3) is 4.34. The summed E-state index contributed by atoms with van der Waals surface area (Å²) in [6, 6.07) is -0.324. The SMILES string of the molecule is O=C(O)CC1(NC(=O)N2CCCNC(=O)C2)CCCCC1. The molecular weight excluding hydrogens is 274 g/mol. The van der Waals surface area contributed by atoms with Crippen LogP contribution in [0.1, 0.15) is 44.9 Å². The number of nitrogens with one attached hydrogen (secondary N) is 2. The van der Waals surface area contributed by atoms with Gasteiger partial charge in [-0.25, -0.2) is 4.79 Å². The molecule has 118 valence electrons. The van der Waals surface area contributed by atoms with Crippen molar-refractivity contribution in [1.29, 1.82) is 0 Å². The van der Waals surface area contributed by atoms with Gasteiger partial charge in [-0.2, -0.15) is 0 Å². The van der Waals surface area contributed by atoms with Crippen LogP contribution in [0.25, 0.3) is 0 Å². The molecule has 0 aromatic heterocycles. The fourth-order valence-corrected chi connectivity index (χ4v) is 3.15. The van der Waals surface area contributed by atoms with Gasteiger partial charge in [-0.1, -0.05) is 19.3 Å². The van der Waals surface area contributed by atoms with Gasteiger partial charge in [-0.15, -0.1) is 0 Å². The Morgan fingerprint density at radius 2 is 1.95 bits per heavy atom. The van der Waals surface area contributed by atoms with Crippen molar-refractivity contribution in [1.82, 2.24) is 15.5 Å². The molecule has 2 rings (SSSR count). The van der Waals surface area contributed by atoms with E-state index in [1.165, 1.54) is 4.90 Å². The van der Waals surface area contributed by atoms with Gasteiger partial charge in [0.25, 0.3) is 0 Å². The Balaban J connectivity index is 2.02. The van der Waals surface area contributed by atoms with Crippen molar-refractivity contribution in [3.8, 4) is 0 Å². The molecule has 0 spiro atoms. The minimum atomic E-state index is -0.897. The normalized spacial score (nSPS) is 22.1. The molecule has 0 aromatic rings. The number of carboxylic acid groups (broad SMARTS) is 1. The number of urea groups is 1. The predicted octanol–water partition coefficient (Wildman–Crippen LogP) is 0.695. The molecule has 2 aliphatic rings. The summed E-state index contributed by atoms with van der Waals surface area (Å²) in [6.07, 6.45) is 4.95. The van der Waals surface area contributed by atoms with Crippen LogP contribution in [0.4, 0.5) is 4.79 Å². The molecule has 7 heteroatoms. The van der Waals surface area contributed by atoms with E-state index in [0.717, 1.165) is 19.3 Å². The van der Waals surface area contributed by atoms with E-state index in [2.05, 4.69) is 10.6 Å². The highest BCUT2D eigenvalue weighted by Crippen LogP contribution is 2.31. The van der Waals surface area contributed by atoms with E-state index in [1.807, 2.05) is 0 Å². The van der Waals surface area contributed by atoms with Gasteiger partial charge >= 0.3 is 12.0 Å². The fourth-order valence-electron chi connectivity index (χ4n) is 3.15. The first-order valence-corrected chi connectivity index (χ1v) is 7.56. The van der Waals surface area contributed by atoms with Crippen molar-refractivity contribution < 1.29 is 19.5 Å². The summed E-state index contributed by atoms with van der Waals surface area (Å²) in [5, 5.41) is 14.7. The van der Waals surface area contributed by atoms with E-state index in [-0.39, 0.29) is 24.9 Å². The van der Waals surface area contributed by atoms with Crippen molar-refractivity contribution in [2.24, 2.45) is 0 Å². The highest BCUT2D eigenvalue weighted by atomic mass is 16.4. The van der Waals surface area contributed by atoms with Crippen LogP contribution in [0.15, 0.2) is 0 Å². The molecule has 0 aromatic carbocycles. The lowest BCUT2D eigenvalue weighted by molar-refractivity contribution is -0.139. The van der Waals surface area contributed by atoms with Gasteiger partial charge in [0.2, 0.25) is 5.91 Å². The molecule has 0 bridgehead atoms. The molecule has 0 radical (unpaired) electrons. The third-order valence-corrected chi connectivity index (χ3v) is 4.22. The van der Waals surface area contributed by atoms with E-state index < -0.39 is 11.5 Å². The Labute approximate surface area is 124 Å². The monoisotopic (exact) mass is 297 g/mol. The molecular formula is C14H23N3O4. The van der Waals surface area contributed by atoms with E-state index in [0.29, 0.717) is 32.4 Å². The highest BCUT2D eigenvalue weighted by Gasteiger charge is 2.37. The Morgan fingerprint density at radius 3 is 2.62 bits per heavy atom. The van der Waals surface area contributed by atoms with Gasteiger partial charge in [0.1, 0.15) is 6.54 Å². The summed E-state index contributed by atoms with van der Waals surface area (Å²) in [5.74, 6) is -1.07. The van der Waals surface area contributed by atoms with Crippen molar-refractivity contribution in [3.05, 3.63) is 0 Å². The Bertz CT molecular complexity index is 418. The lowest BCUT2D eigenvalue weighted by atomic mass is 9.79. The first-order valence-electron chi connectivity index (χ1n) is 7.56. The maximum absolute atomic E-state index is 12.4. The van der Waals surface area contributed by atoms with Crippen LogP contribution in [0, 0.1) is 0 Å².